The monoisotopic (exact) mass is 479 g/mol. The first-order valence-electron chi connectivity index (χ1n) is 8.46. The first kappa shape index (κ1) is 20.9. The second kappa shape index (κ2) is 8.66. The molecule has 0 radical (unpaired) electrons. The number of carbonyl (C=O) groups excluding carboxylic acids is 1. The molecule has 3 rings (SSSR count). The van der Waals surface area contributed by atoms with Crippen LogP contribution in [0.4, 0.5) is 11.5 Å². The quantitative estimate of drug-likeness (QED) is 0.555. The number of ether oxygens (including phenoxy) is 1. The normalized spacial score (nSPS) is 11.1. The van der Waals surface area contributed by atoms with Crippen LogP contribution in [0, 0.1) is 6.92 Å². The van der Waals surface area contributed by atoms with Gasteiger partial charge in [-0.1, -0.05) is 21.1 Å². The molecule has 8 nitrogen and oxygen atoms in total. The average molecular weight is 480 g/mol. The van der Waals surface area contributed by atoms with Crippen molar-refractivity contribution in [3.63, 3.8) is 0 Å². The van der Waals surface area contributed by atoms with Gasteiger partial charge in [0.15, 0.2) is 12.4 Å². The molecule has 0 bridgehead atoms. The van der Waals surface area contributed by atoms with E-state index >= 15 is 0 Å². The highest BCUT2D eigenvalue weighted by atomic mass is 79.9. The summed E-state index contributed by atoms with van der Waals surface area (Å²) in [6, 6.07) is 14.4. The maximum atomic E-state index is 12.7. The van der Waals surface area contributed by atoms with Gasteiger partial charge in [-0.15, -0.1) is 0 Å². The number of sulfonamides is 1. The van der Waals surface area contributed by atoms with Crippen LogP contribution in [0.5, 0.6) is 5.75 Å². The number of anilines is 2. The summed E-state index contributed by atoms with van der Waals surface area (Å²) in [5.74, 6) is 0.928. The van der Waals surface area contributed by atoms with E-state index in [-0.39, 0.29) is 11.5 Å². The van der Waals surface area contributed by atoms with Crippen molar-refractivity contribution < 1.29 is 22.5 Å². The summed E-state index contributed by atoms with van der Waals surface area (Å²) in [5, 5.41) is 6.21. The highest BCUT2D eigenvalue weighted by Crippen LogP contribution is 2.25. The van der Waals surface area contributed by atoms with E-state index in [2.05, 4.69) is 26.4 Å². The Bertz CT molecular complexity index is 1100. The van der Waals surface area contributed by atoms with Gasteiger partial charge in [0.05, 0.1) is 10.6 Å². The fourth-order valence-corrected chi connectivity index (χ4v) is 3.87. The number of hydrogen-bond donors (Lipinski definition) is 1. The van der Waals surface area contributed by atoms with Crippen molar-refractivity contribution in [2.75, 3.05) is 23.3 Å². The molecule has 2 aromatic carbocycles. The molecule has 0 aliphatic carbocycles. The lowest BCUT2D eigenvalue weighted by Gasteiger charge is -2.20. The molecule has 1 heterocycles. The Labute approximate surface area is 176 Å². The molecule has 0 spiro atoms. The van der Waals surface area contributed by atoms with Crippen LogP contribution in [0.1, 0.15) is 5.76 Å². The van der Waals surface area contributed by atoms with Gasteiger partial charge in [0, 0.05) is 17.6 Å². The Hall–Kier alpha value is -2.85. The van der Waals surface area contributed by atoms with Crippen LogP contribution in [-0.2, 0) is 14.8 Å². The van der Waals surface area contributed by atoms with Crippen LogP contribution in [0.15, 0.2) is 68.5 Å². The van der Waals surface area contributed by atoms with E-state index in [1.165, 1.54) is 23.5 Å². The summed E-state index contributed by atoms with van der Waals surface area (Å²) in [6.07, 6.45) is 0. The molecule has 10 heteroatoms. The zero-order valence-corrected chi connectivity index (χ0v) is 18.0. The largest absolute Gasteiger partial charge is 0.484 e. The van der Waals surface area contributed by atoms with Crippen molar-refractivity contribution in [2.45, 2.75) is 11.8 Å². The molecule has 1 aromatic heterocycles. The zero-order valence-electron chi connectivity index (χ0n) is 15.6. The van der Waals surface area contributed by atoms with Gasteiger partial charge in [-0.3, -0.25) is 9.10 Å². The van der Waals surface area contributed by atoms with E-state index in [1.807, 2.05) is 0 Å². The zero-order chi connectivity index (χ0) is 21.0. The van der Waals surface area contributed by atoms with Gasteiger partial charge in [-0.25, -0.2) is 8.42 Å². The van der Waals surface area contributed by atoms with E-state index in [0.717, 1.165) is 4.47 Å². The summed E-state index contributed by atoms with van der Waals surface area (Å²) in [6.45, 7) is 1.49. The number of halogens is 1. The molecule has 3 aromatic rings. The van der Waals surface area contributed by atoms with Gasteiger partial charge in [0.2, 0.25) is 0 Å². The van der Waals surface area contributed by atoms with Crippen molar-refractivity contribution in [1.29, 1.82) is 0 Å². The van der Waals surface area contributed by atoms with Gasteiger partial charge in [-0.05, 0) is 55.5 Å². The minimum atomic E-state index is -3.69. The van der Waals surface area contributed by atoms with Crippen molar-refractivity contribution >= 4 is 43.4 Å². The summed E-state index contributed by atoms with van der Waals surface area (Å²) in [4.78, 5) is 12.1. The Kier molecular flexibility index (Phi) is 6.23. The van der Waals surface area contributed by atoms with Crippen molar-refractivity contribution in [3.8, 4) is 5.75 Å². The highest BCUT2D eigenvalue weighted by Gasteiger charge is 2.21. The predicted molar refractivity (Wildman–Crippen MR) is 112 cm³/mol. The van der Waals surface area contributed by atoms with Crippen LogP contribution in [0.3, 0.4) is 0 Å². The fourth-order valence-electron chi connectivity index (χ4n) is 2.41. The second-order valence-electron chi connectivity index (χ2n) is 6.08. The van der Waals surface area contributed by atoms with Crippen LogP contribution in [-0.4, -0.2) is 33.1 Å². The molecule has 0 atom stereocenters. The molecule has 152 valence electrons. The number of benzene rings is 2. The summed E-state index contributed by atoms with van der Waals surface area (Å²) < 4.78 is 37.7. The summed E-state index contributed by atoms with van der Waals surface area (Å²) in [7, 11) is -2.22. The number of aryl methyl sites for hydroxylation is 1. The molecule has 0 saturated carbocycles. The molecular formula is C19H18BrN3O5S. The van der Waals surface area contributed by atoms with E-state index in [9.17, 15) is 13.2 Å². The van der Waals surface area contributed by atoms with Gasteiger partial charge >= 0.3 is 0 Å². The molecule has 1 amide bonds. The van der Waals surface area contributed by atoms with Crippen LogP contribution < -0.4 is 14.4 Å². The lowest BCUT2D eigenvalue weighted by atomic mass is 10.3. The smallest absolute Gasteiger partial charge is 0.264 e. The number of hydrogen-bond acceptors (Lipinski definition) is 6. The molecule has 0 aliphatic heterocycles. The van der Waals surface area contributed by atoms with E-state index < -0.39 is 15.9 Å². The maximum absolute atomic E-state index is 12.7. The van der Waals surface area contributed by atoms with Crippen molar-refractivity contribution in [2.24, 2.45) is 0 Å². The third-order valence-electron chi connectivity index (χ3n) is 3.94. The number of rotatable bonds is 7. The lowest BCUT2D eigenvalue weighted by Crippen LogP contribution is -2.26. The highest BCUT2D eigenvalue weighted by molar-refractivity contribution is 9.10. The topological polar surface area (TPSA) is 102 Å². The minimum absolute atomic E-state index is 0.184. The Morgan fingerprint density at radius 1 is 1.17 bits per heavy atom. The Morgan fingerprint density at radius 3 is 2.41 bits per heavy atom. The molecule has 0 saturated heterocycles. The number of carbonyl (C=O) groups is 1. The predicted octanol–water partition coefficient (Wildman–Crippen LogP) is 3.59. The molecule has 29 heavy (non-hydrogen) atoms. The Balaban J connectivity index is 1.61. The Morgan fingerprint density at radius 2 is 1.83 bits per heavy atom. The third-order valence-corrected chi connectivity index (χ3v) is 6.27. The number of aromatic nitrogens is 1. The molecule has 1 N–H and O–H groups in total. The van der Waals surface area contributed by atoms with Gasteiger partial charge < -0.3 is 14.6 Å². The molecule has 0 aliphatic rings. The number of nitrogens with one attached hydrogen (secondary N) is 1. The first-order valence-corrected chi connectivity index (χ1v) is 10.7. The van der Waals surface area contributed by atoms with E-state index in [1.54, 1.807) is 49.4 Å². The fraction of sp³-hybridized carbons (Fsp3) is 0.158. The van der Waals surface area contributed by atoms with E-state index in [4.69, 9.17) is 9.26 Å². The molecular weight excluding hydrogens is 462 g/mol. The van der Waals surface area contributed by atoms with Crippen molar-refractivity contribution in [3.05, 3.63) is 64.8 Å². The SMILES string of the molecule is Cc1cc(NC(=O)COc2ccc(N(C)S(=O)(=O)c3ccc(Br)cc3)cc2)no1. The van der Waals surface area contributed by atoms with Gasteiger partial charge in [0.1, 0.15) is 11.5 Å². The van der Waals surface area contributed by atoms with Crippen molar-refractivity contribution in [1.82, 2.24) is 5.16 Å². The minimum Gasteiger partial charge on any atom is -0.484 e. The summed E-state index contributed by atoms with van der Waals surface area (Å²) in [5.41, 5.74) is 0.461. The van der Waals surface area contributed by atoms with Crippen LogP contribution in [0.25, 0.3) is 0 Å². The average Bonchev–Trinajstić information content (AvgIpc) is 3.11. The second-order valence-corrected chi connectivity index (χ2v) is 8.96. The molecule has 0 unspecified atom stereocenters. The standard InChI is InChI=1S/C19H18BrN3O5S/c1-13-11-18(22-28-13)21-19(24)12-27-16-7-5-15(6-8-16)23(2)29(25,26)17-9-3-14(20)4-10-17/h3-11H,12H2,1-2H3,(H,21,22,24). The van der Waals surface area contributed by atoms with Crippen LogP contribution in [0.2, 0.25) is 0 Å². The third kappa shape index (κ3) is 5.15. The number of nitrogens with zero attached hydrogens (tertiary/aromatic N) is 2. The van der Waals surface area contributed by atoms with E-state index in [0.29, 0.717) is 23.0 Å². The lowest BCUT2D eigenvalue weighted by molar-refractivity contribution is -0.118. The van der Waals surface area contributed by atoms with Gasteiger partial charge in [-0.2, -0.15) is 0 Å². The molecule has 0 fully saturated rings. The summed E-state index contributed by atoms with van der Waals surface area (Å²) >= 11 is 3.29. The van der Waals surface area contributed by atoms with Gasteiger partial charge in [0.25, 0.3) is 15.9 Å². The number of amides is 1. The first-order chi connectivity index (χ1) is 13.8. The maximum Gasteiger partial charge on any atom is 0.264 e. The van der Waals surface area contributed by atoms with Crippen LogP contribution >= 0.6 is 15.9 Å².